The van der Waals surface area contributed by atoms with Crippen LogP contribution in [0, 0.1) is 0 Å². The van der Waals surface area contributed by atoms with Crippen molar-refractivity contribution in [2.45, 2.75) is 45.1 Å². The molecule has 1 heterocycles. The molecular weight excluding hydrogens is 290 g/mol. The second-order valence-electron chi connectivity index (χ2n) is 6.09. The average molecular weight is 317 g/mol. The van der Waals surface area contributed by atoms with E-state index in [1.54, 1.807) is 7.05 Å². The molecule has 2 N–H and O–H groups in total. The summed E-state index contributed by atoms with van der Waals surface area (Å²) in [6, 6.07) is 7.58. The number of carbonyl (C=O) groups excluding carboxylic acids is 2. The van der Waals surface area contributed by atoms with Gasteiger partial charge in [-0.15, -0.1) is 0 Å². The monoisotopic (exact) mass is 317 g/mol. The number of aryl methyl sites for hydroxylation is 1. The lowest BCUT2D eigenvalue weighted by Crippen LogP contribution is -2.44. The summed E-state index contributed by atoms with van der Waals surface area (Å²) in [4.78, 5) is 26.2. The van der Waals surface area contributed by atoms with Crippen molar-refractivity contribution in [1.82, 2.24) is 10.2 Å². The van der Waals surface area contributed by atoms with Gasteiger partial charge in [-0.2, -0.15) is 0 Å². The minimum Gasteiger partial charge on any atom is -0.359 e. The van der Waals surface area contributed by atoms with Crippen LogP contribution in [0.1, 0.15) is 38.2 Å². The van der Waals surface area contributed by atoms with E-state index in [4.69, 9.17) is 0 Å². The molecule has 2 rings (SSSR count). The van der Waals surface area contributed by atoms with E-state index >= 15 is 0 Å². The van der Waals surface area contributed by atoms with Crippen molar-refractivity contribution in [3.05, 3.63) is 29.8 Å². The Morgan fingerprint density at radius 1 is 1.17 bits per heavy atom. The summed E-state index contributed by atoms with van der Waals surface area (Å²) in [7, 11) is 1.64. The Labute approximate surface area is 138 Å². The van der Waals surface area contributed by atoms with Crippen LogP contribution in [0.5, 0.6) is 0 Å². The highest BCUT2D eigenvalue weighted by molar-refractivity contribution is 5.95. The van der Waals surface area contributed by atoms with Crippen LogP contribution in [-0.2, 0) is 16.0 Å². The molecule has 1 unspecified atom stereocenters. The number of rotatable bonds is 6. The van der Waals surface area contributed by atoms with Crippen molar-refractivity contribution in [3.63, 3.8) is 0 Å². The second-order valence-corrected chi connectivity index (χ2v) is 6.09. The zero-order chi connectivity index (χ0) is 16.7. The highest BCUT2D eigenvalue weighted by Crippen LogP contribution is 2.19. The lowest BCUT2D eigenvalue weighted by molar-refractivity contribution is -0.121. The molecule has 1 aliphatic rings. The number of nitrogens with one attached hydrogen (secondary N) is 2. The van der Waals surface area contributed by atoms with Gasteiger partial charge in [0.1, 0.15) is 0 Å². The number of para-hydroxylation sites is 1. The molecule has 2 amide bonds. The summed E-state index contributed by atoms with van der Waals surface area (Å²) in [6.45, 7) is 3.95. The molecular formula is C18H27N3O2. The Kier molecular flexibility index (Phi) is 6.59. The fourth-order valence-electron chi connectivity index (χ4n) is 2.94. The molecule has 1 aliphatic heterocycles. The summed E-state index contributed by atoms with van der Waals surface area (Å²) in [5.41, 5.74) is 1.81. The number of benzene rings is 1. The minimum absolute atomic E-state index is 0.00724. The Morgan fingerprint density at radius 3 is 2.57 bits per heavy atom. The van der Waals surface area contributed by atoms with Gasteiger partial charge in [0.25, 0.3) is 0 Å². The maximum atomic E-state index is 12.5. The summed E-state index contributed by atoms with van der Waals surface area (Å²) in [5, 5.41) is 5.66. The Morgan fingerprint density at radius 2 is 1.87 bits per heavy atom. The molecule has 1 atom stereocenters. The topological polar surface area (TPSA) is 61.4 Å². The van der Waals surface area contributed by atoms with Crippen molar-refractivity contribution in [2.75, 3.05) is 25.5 Å². The van der Waals surface area contributed by atoms with E-state index in [1.807, 2.05) is 31.2 Å². The van der Waals surface area contributed by atoms with E-state index in [1.165, 1.54) is 19.3 Å². The first-order valence-electron chi connectivity index (χ1n) is 8.45. The molecule has 1 saturated heterocycles. The van der Waals surface area contributed by atoms with E-state index in [0.29, 0.717) is 12.8 Å². The van der Waals surface area contributed by atoms with E-state index in [2.05, 4.69) is 15.5 Å². The highest BCUT2D eigenvalue weighted by atomic mass is 16.2. The van der Waals surface area contributed by atoms with Gasteiger partial charge in [0.05, 0.1) is 6.04 Å². The standard InChI is InChI=1S/C18H27N3O2/c1-14(21-12-6-3-7-13-21)18(23)20-16-9-5-4-8-15(16)10-11-17(22)19-2/h4-5,8-9,14H,3,6-7,10-13H2,1-2H3,(H,19,22)(H,20,23). The van der Waals surface area contributed by atoms with Crippen LogP contribution in [0.4, 0.5) is 5.69 Å². The van der Waals surface area contributed by atoms with Crippen LogP contribution in [-0.4, -0.2) is 42.9 Å². The molecule has 5 nitrogen and oxygen atoms in total. The third-order valence-electron chi connectivity index (χ3n) is 4.49. The van der Waals surface area contributed by atoms with Gasteiger partial charge in [0, 0.05) is 19.2 Å². The Bertz CT molecular complexity index is 539. The number of nitrogens with zero attached hydrogens (tertiary/aromatic N) is 1. The van der Waals surface area contributed by atoms with Crippen LogP contribution < -0.4 is 10.6 Å². The minimum atomic E-state index is -0.123. The quantitative estimate of drug-likeness (QED) is 0.845. The van der Waals surface area contributed by atoms with Crippen LogP contribution in [0.25, 0.3) is 0 Å². The van der Waals surface area contributed by atoms with Crippen molar-refractivity contribution in [1.29, 1.82) is 0 Å². The lowest BCUT2D eigenvalue weighted by Gasteiger charge is -2.31. The van der Waals surface area contributed by atoms with E-state index < -0.39 is 0 Å². The smallest absolute Gasteiger partial charge is 0.241 e. The van der Waals surface area contributed by atoms with Crippen molar-refractivity contribution in [3.8, 4) is 0 Å². The lowest BCUT2D eigenvalue weighted by atomic mass is 10.1. The molecule has 0 aromatic heterocycles. The van der Waals surface area contributed by atoms with Crippen molar-refractivity contribution < 1.29 is 9.59 Å². The molecule has 126 valence electrons. The molecule has 0 saturated carbocycles. The maximum Gasteiger partial charge on any atom is 0.241 e. The van der Waals surface area contributed by atoms with Crippen LogP contribution in [0.2, 0.25) is 0 Å². The number of carbonyl (C=O) groups is 2. The average Bonchev–Trinajstić information content (AvgIpc) is 2.60. The van der Waals surface area contributed by atoms with Gasteiger partial charge in [-0.05, 0) is 50.9 Å². The van der Waals surface area contributed by atoms with Gasteiger partial charge in [-0.1, -0.05) is 24.6 Å². The maximum absolute atomic E-state index is 12.5. The molecule has 0 aliphatic carbocycles. The first-order chi connectivity index (χ1) is 11.1. The second kappa shape index (κ2) is 8.67. The Balaban J connectivity index is 1.98. The number of likely N-dealkylation sites (tertiary alicyclic amines) is 1. The van der Waals surface area contributed by atoms with E-state index in [9.17, 15) is 9.59 Å². The summed E-state index contributed by atoms with van der Waals surface area (Å²) >= 11 is 0. The summed E-state index contributed by atoms with van der Waals surface area (Å²) in [6.07, 6.45) is 4.63. The number of anilines is 1. The highest BCUT2D eigenvalue weighted by Gasteiger charge is 2.23. The number of hydrogen-bond acceptors (Lipinski definition) is 3. The van der Waals surface area contributed by atoms with Crippen LogP contribution in [0.15, 0.2) is 24.3 Å². The SMILES string of the molecule is CNC(=O)CCc1ccccc1NC(=O)C(C)N1CCCCC1. The third-order valence-corrected chi connectivity index (χ3v) is 4.49. The summed E-state index contributed by atoms with van der Waals surface area (Å²) in [5.74, 6) is 0.0344. The zero-order valence-electron chi connectivity index (χ0n) is 14.1. The van der Waals surface area contributed by atoms with Gasteiger partial charge in [0.2, 0.25) is 11.8 Å². The number of amides is 2. The number of piperidine rings is 1. The molecule has 1 fully saturated rings. The van der Waals surface area contributed by atoms with E-state index in [-0.39, 0.29) is 17.9 Å². The molecule has 0 bridgehead atoms. The largest absolute Gasteiger partial charge is 0.359 e. The van der Waals surface area contributed by atoms with Crippen LogP contribution >= 0.6 is 0 Å². The van der Waals surface area contributed by atoms with Gasteiger partial charge in [-0.3, -0.25) is 14.5 Å². The molecule has 1 aromatic carbocycles. The van der Waals surface area contributed by atoms with Crippen molar-refractivity contribution in [2.24, 2.45) is 0 Å². The zero-order valence-corrected chi connectivity index (χ0v) is 14.1. The third kappa shape index (κ3) is 5.06. The molecule has 0 radical (unpaired) electrons. The van der Waals surface area contributed by atoms with Gasteiger partial charge >= 0.3 is 0 Å². The molecule has 23 heavy (non-hydrogen) atoms. The summed E-state index contributed by atoms with van der Waals surface area (Å²) < 4.78 is 0. The van der Waals surface area contributed by atoms with E-state index in [0.717, 1.165) is 24.3 Å². The number of hydrogen-bond donors (Lipinski definition) is 2. The van der Waals surface area contributed by atoms with Gasteiger partial charge in [-0.25, -0.2) is 0 Å². The van der Waals surface area contributed by atoms with Gasteiger partial charge < -0.3 is 10.6 Å². The predicted octanol–water partition coefficient (Wildman–Crippen LogP) is 2.18. The first-order valence-corrected chi connectivity index (χ1v) is 8.45. The molecule has 1 aromatic rings. The first kappa shape index (κ1) is 17.5. The fraction of sp³-hybridized carbons (Fsp3) is 0.556. The normalized spacial score (nSPS) is 16.6. The fourth-order valence-corrected chi connectivity index (χ4v) is 2.94. The van der Waals surface area contributed by atoms with Crippen LogP contribution in [0.3, 0.4) is 0 Å². The van der Waals surface area contributed by atoms with Crippen molar-refractivity contribution >= 4 is 17.5 Å². The Hall–Kier alpha value is -1.88. The molecule has 5 heteroatoms. The van der Waals surface area contributed by atoms with Gasteiger partial charge in [0.15, 0.2) is 0 Å². The predicted molar refractivity (Wildman–Crippen MR) is 92.3 cm³/mol. The molecule has 0 spiro atoms.